The van der Waals surface area contributed by atoms with E-state index in [0.29, 0.717) is 13.1 Å². The summed E-state index contributed by atoms with van der Waals surface area (Å²) in [6.07, 6.45) is -2.98. The number of carbonyl (C=O) groups is 1. The third-order valence-corrected chi connectivity index (χ3v) is 4.33. The molecule has 1 saturated heterocycles. The van der Waals surface area contributed by atoms with Crippen LogP contribution >= 0.6 is 0 Å². The van der Waals surface area contributed by atoms with Crippen LogP contribution in [0, 0.1) is 0 Å². The van der Waals surface area contributed by atoms with Gasteiger partial charge in [0, 0.05) is 36.1 Å². The van der Waals surface area contributed by atoms with Crippen molar-refractivity contribution >= 4 is 17.3 Å². The van der Waals surface area contributed by atoms with Crippen LogP contribution < -0.4 is 15.0 Å². The monoisotopic (exact) mass is 400 g/mol. The molecule has 150 valence electrons. The van der Waals surface area contributed by atoms with Crippen LogP contribution in [0.4, 0.5) is 33.3 Å². The number of amides is 1. The van der Waals surface area contributed by atoms with Gasteiger partial charge < -0.3 is 15.0 Å². The highest BCUT2D eigenvalue weighted by Gasteiger charge is 2.36. The van der Waals surface area contributed by atoms with Crippen molar-refractivity contribution in [2.45, 2.75) is 25.6 Å². The van der Waals surface area contributed by atoms with Gasteiger partial charge in [-0.05, 0) is 43.2 Å². The van der Waals surface area contributed by atoms with Crippen molar-refractivity contribution in [3.8, 4) is 5.75 Å². The summed E-state index contributed by atoms with van der Waals surface area (Å²) in [6.45, 7) is -1.96. The van der Waals surface area contributed by atoms with Crippen molar-refractivity contribution in [1.82, 2.24) is 0 Å². The number of rotatable bonds is 5. The molecule has 0 saturated carbocycles. The highest BCUT2D eigenvalue weighted by Crippen LogP contribution is 2.38. The SMILES string of the molecule is O=C(Nc1cccc(OC(F)F)c1)c1ccc(N2CCCC2)c(C(F)(F)F)c1. The average molecular weight is 400 g/mol. The first-order valence-electron chi connectivity index (χ1n) is 8.56. The zero-order chi connectivity index (χ0) is 20.3. The number of nitrogens with one attached hydrogen (secondary N) is 1. The molecule has 0 spiro atoms. The van der Waals surface area contributed by atoms with Gasteiger partial charge >= 0.3 is 12.8 Å². The van der Waals surface area contributed by atoms with Gasteiger partial charge in [0.1, 0.15) is 5.75 Å². The standard InChI is InChI=1S/C19H17F5N2O2/c20-18(21)28-14-5-3-4-13(11-14)25-17(27)12-6-7-16(26-8-1-2-9-26)15(10-12)19(22,23)24/h3-7,10-11,18H,1-2,8-9H2,(H,25,27). The summed E-state index contributed by atoms with van der Waals surface area (Å²) in [5.41, 5.74) is -0.888. The zero-order valence-corrected chi connectivity index (χ0v) is 14.6. The van der Waals surface area contributed by atoms with Crippen LogP contribution in [0.5, 0.6) is 5.75 Å². The Hall–Kier alpha value is -2.84. The Kier molecular flexibility index (Phi) is 5.71. The number of nitrogens with zero attached hydrogens (tertiary/aromatic N) is 1. The molecule has 2 aromatic rings. The summed E-state index contributed by atoms with van der Waals surface area (Å²) in [5, 5.41) is 2.39. The minimum Gasteiger partial charge on any atom is -0.435 e. The van der Waals surface area contributed by atoms with Gasteiger partial charge in [-0.25, -0.2) is 0 Å². The molecule has 1 amide bonds. The number of hydrogen-bond donors (Lipinski definition) is 1. The normalized spacial score (nSPS) is 14.4. The van der Waals surface area contributed by atoms with E-state index in [1.807, 2.05) is 0 Å². The van der Waals surface area contributed by atoms with Crippen molar-refractivity contribution in [3.05, 3.63) is 53.6 Å². The van der Waals surface area contributed by atoms with Gasteiger partial charge in [-0.3, -0.25) is 4.79 Å². The van der Waals surface area contributed by atoms with E-state index in [2.05, 4.69) is 10.1 Å². The molecule has 1 aliphatic rings. The minimum atomic E-state index is -4.61. The largest absolute Gasteiger partial charge is 0.435 e. The van der Waals surface area contributed by atoms with E-state index >= 15 is 0 Å². The number of halogens is 5. The second-order valence-corrected chi connectivity index (χ2v) is 6.28. The maximum atomic E-state index is 13.5. The van der Waals surface area contributed by atoms with Crippen molar-refractivity contribution in [1.29, 1.82) is 0 Å². The number of benzene rings is 2. The molecule has 0 unspecified atom stereocenters. The quantitative estimate of drug-likeness (QED) is 0.705. The molecule has 1 aliphatic heterocycles. The van der Waals surface area contributed by atoms with Gasteiger partial charge in [0.05, 0.1) is 5.56 Å². The predicted molar refractivity (Wildman–Crippen MR) is 93.9 cm³/mol. The van der Waals surface area contributed by atoms with Crippen molar-refractivity contribution in [3.63, 3.8) is 0 Å². The number of alkyl halides is 5. The number of anilines is 2. The molecule has 1 fully saturated rings. The highest BCUT2D eigenvalue weighted by molar-refractivity contribution is 6.04. The Morgan fingerprint density at radius 1 is 1.07 bits per heavy atom. The zero-order valence-electron chi connectivity index (χ0n) is 14.6. The minimum absolute atomic E-state index is 0.0499. The molecule has 28 heavy (non-hydrogen) atoms. The third kappa shape index (κ3) is 4.71. The van der Waals surface area contributed by atoms with Crippen LogP contribution in [0.15, 0.2) is 42.5 Å². The Balaban J connectivity index is 1.84. The summed E-state index contributed by atoms with van der Waals surface area (Å²) in [7, 11) is 0. The summed E-state index contributed by atoms with van der Waals surface area (Å²) in [6, 6.07) is 8.64. The Morgan fingerprint density at radius 3 is 2.43 bits per heavy atom. The molecule has 3 rings (SSSR count). The van der Waals surface area contributed by atoms with Crippen LogP contribution in [0.25, 0.3) is 0 Å². The summed E-state index contributed by atoms with van der Waals surface area (Å²) < 4.78 is 69.3. The fourth-order valence-corrected chi connectivity index (χ4v) is 3.09. The molecule has 0 aliphatic carbocycles. The molecule has 1 N–H and O–H groups in total. The highest BCUT2D eigenvalue weighted by atomic mass is 19.4. The van der Waals surface area contributed by atoms with Gasteiger partial charge in [0.25, 0.3) is 5.91 Å². The molecular formula is C19H17F5N2O2. The van der Waals surface area contributed by atoms with Gasteiger partial charge in [0.15, 0.2) is 0 Å². The van der Waals surface area contributed by atoms with E-state index in [1.54, 1.807) is 4.90 Å². The first kappa shape index (κ1) is 19.9. The lowest BCUT2D eigenvalue weighted by atomic mass is 10.1. The molecule has 9 heteroatoms. The second-order valence-electron chi connectivity index (χ2n) is 6.28. The molecule has 0 atom stereocenters. The van der Waals surface area contributed by atoms with Crippen LogP contribution in [-0.4, -0.2) is 25.6 Å². The maximum absolute atomic E-state index is 13.5. The number of carbonyl (C=O) groups excluding carboxylic acids is 1. The molecular weight excluding hydrogens is 383 g/mol. The summed E-state index contributed by atoms with van der Waals surface area (Å²) in [5.74, 6) is -0.958. The molecule has 4 nitrogen and oxygen atoms in total. The third-order valence-electron chi connectivity index (χ3n) is 4.33. The van der Waals surface area contributed by atoms with Gasteiger partial charge in [-0.1, -0.05) is 6.07 Å². The molecule has 0 radical (unpaired) electrons. The average Bonchev–Trinajstić information content (AvgIpc) is 3.14. The fourth-order valence-electron chi connectivity index (χ4n) is 3.09. The molecule has 0 aromatic heterocycles. The van der Waals surface area contributed by atoms with E-state index in [-0.39, 0.29) is 22.7 Å². The van der Waals surface area contributed by atoms with Gasteiger partial charge in [-0.15, -0.1) is 0 Å². The van der Waals surface area contributed by atoms with Crippen molar-refractivity contribution < 1.29 is 31.5 Å². The Labute approximate surface area is 157 Å². The van der Waals surface area contributed by atoms with E-state index < -0.39 is 24.3 Å². The maximum Gasteiger partial charge on any atom is 0.418 e. The van der Waals surface area contributed by atoms with Crippen molar-refractivity contribution in [2.24, 2.45) is 0 Å². The van der Waals surface area contributed by atoms with Crippen LogP contribution in [-0.2, 0) is 6.18 Å². The second kappa shape index (κ2) is 8.04. The van der Waals surface area contributed by atoms with Crippen LogP contribution in [0.1, 0.15) is 28.8 Å². The van der Waals surface area contributed by atoms with Gasteiger partial charge in [-0.2, -0.15) is 22.0 Å². The smallest absolute Gasteiger partial charge is 0.418 e. The Bertz CT molecular complexity index is 848. The molecule has 2 aromatic carbocycles. The topological polar surface area (TPSA) is 41.6 Å². The summed E-state index contributed by atoms with van der Waals surface area (Å²) >= 11 is 0. The van der Waals surface area contributed by atoms with Gasteiger partial charge in [0.2, 0.25) is 0 Å². The fraction of sp³-hybridized carbons (Fsp3) is 0.316. The van der Waals surface area contributed by atoms with E-state index in [1.165, 1.54) is 30.3 Å². The van der Waals surface area contributed by atoms with Crippen molar-refractivity contribution in [2.75, 3.05) is 23.3 Å². The van der Waals surface area contributed by atoms with E-state index in [9.17, 15) is 26.7 Å². The first-order chi connectivity index (χ1) is 13.2. The van der Waals surface area contributed by atoms with E-state index in [4.69, 9.17) is 0 Å². The lowest BCUT2D eigenvalue weighted by Gasteiger charge is -2.23. The molecule has 1 heterocycles. The summed E-state index contributed by atoms with van der Waals surface area (Å²) in [4.78, 5) is 14.0. The van der Waals surface area contributed by atoms with E-state index in [0.717, 1.165) is 25.0 Å². The number of hydrogen-bond acceptors (Lipinski definition) is 3. The first-order valence-corrected chi connectivity index (χ1v) is 8.56. The lowest BCUT2D eigenvalue weighted by molar-refractivity contribution is -0.137. The van der Waals surface area contributed by atoms with Crippen LogP contribution in [0.3, 0.4) is 0 Å². The Morgan fingerprint density at radius 2 is 1.79 bits per heavy atom. The lowest BCUT2D eigenvalue weighted by Crippen LogP contribution is -2.23. The number of ether oxygens (including phenoxy) is 1. The van der Waals surface area contributed by atoms with Crippen LogP contribution in [0.2, 0.25) is 0 Å². The molecule has 0 bridgehead atoms. The predicted octanol–water partition coefficient (Wildman–Crippen LogP) is 5.16.